The van der Waals surface area contributed by atoms with Gasteiger partial charge in [-0.3, -0.25) is 9.52 Å². The Balaban J connectivity index is 1.99. The number of nitrogens with zero attached hydrogens (tertiary/aromatic N) is 1. The van der Waals surface area contributed by atoms with E-state index in [1.54, 1.807) is 37.4 Å². The van der Waals surface area contributed by atoms with Gasteiger partial charge in [-0.25, -0.2) is 13.4 Å². The predicted molar refractivity (Wildman–Crippen MR) is 105 cm³/mol. The van der Waals surface area contributed by atoms with Crippen LogP contribution in [0.1, 0.15) is 37.6 Å². The minimum Gasteiger partial charge on any atom is -0.350 e. The number of pyridine rings is 1. The topological polar surface area (TPSA) is 88.2 Å². The van der Waals surface area contributed by atoms with E-state index >= 15 is 0 Å². The molecule has 0 aliphatic rings. The Morgan fingerprint density at radius 1 is 1.15 bits per heavy atom. The fourth-order valence-electron chi connectivity index (χ4n) is 1.95. The van der Waals surface area contributed by atoms with E-state index in [-0.39, 0.29) is 17.7 Å². The molecule has 1 aromatic carbocycles. The quantitative estimate of drug-likeness (QED) is 0.716. The van der Waals surface area contributed by atoms with E-state index in [1.807, 2.05) is 26.0 Å². The lowest BCUT2D eigenvalue weighted by Crippen LogP contribution is -2.31. The highest BCUT2D eigenvalue weighted by Gasteiger charge is 2.10. The van der Waals surface area contributed by atoms with E-state index in [0.29, 0.717) is 11.3 Å². The molecule has 6 nitrogen and oxygen atoms in total. The van der Waals surface area contributed by atoms with Gasteiger partial charge in [-0.2, -0.15) is 0 Å². The summed E-state index contributed by atoms with van der Waals surface area (Å²) in [7, 11) is -3.28. The summed E-state index contributed by atoms with van der Waals surface area (Å²) in [6.07, 6.45) is 2.43. The average Bonchev–Trinajstić information content (AvgIpc) is 2.63. The maximum atomic E-state index is 12.0. The first-order valence-corrected chi connectivity index (χ1v) is 10.8. The Labute approximate surface area is 158 Å². The highest BCUT2D eigenvalue weighted by Crippen LogP contribution is 2.27. The van der Waals surface area contributed by atoms with Crippen LogP contribution in [0.4, 0.5) is 5.69 Å². The van der Waals surface area contributed by atoms with E-state index in [4.69, 9.17) is 0 Å². The lowest BCUT2D eigenvalue weighted by atomic mass is 10.2. The number of nitrogens with one attached hydrogen (secondary N) is 2. The van der Waals surface area contributed by atoms with Gasteiger partial charge in [0.2, 0.25) is 10.0 Å². The molecule has 1 atom stereocenters. The van der Waals surface area contributed by atoms with Crippen molar-refractivity contribution in [2.75, 3.05) is 10.5 Å². The molecule has 2 aromatic rings. The monoisotopic (exact) mass is 393 g/mol. The lowest BCUT2D eigenvalue weighted by molar-refractivity contribution is 0.0939. The van der Waals surface area contributed by atoms with Crippen LogP contribution in [0.3, 0.4) is 0 Å². The second kappa shape index (κ2) is 9.05. The second-order valence-electron chi connectivity index (χ2n) is 5.80. The van der Waals surface area contributed by atoms with Crippen LogP contribution in [-0.4, -0.2) is 31.1 Å². The normalized spacial score (nSPS) is 12.4. The Morgan fingerprint density at radius 2 is 1.85 bits per heavy atom. The molecular formula is C18H23N3O3S2. The third-order valence-corrected chi connectivity index (χ3v) is 5.98. The number of carbonyl (C=O) groups excluding carboxylic acids is 1. The van der Waals surface area contributed by atoms with Crippen molar-refractivity contribution in [1.29, 1.82) is 0 Å². The summed E-state index contributed by atoms with van der Waals surface area (Å²) in [5, 5.41) is 3.66. The van der Waals surface area contributed by atoms with Crippen LogP contribution in [-0.2, 0) is 10.0 Å². The Morgan fingerprint density at radius 3 is 2.38 bits per heavy atom. The molecule has 0 spiro atoms. The van der Waals surface area contributed by atoms with Gasteiger partial charge in [0, 0.05) is 22.8 Å². The van der Waals surface area contributed by atoms with Crippen molar-refractivity contribution in [3.05, 3.63) is 48.2 Å². The number of carbonyl (C=O) groups is 1. The molecule has 26 heavy (non-hydrogen) atoms. The van der Waals surface area contributed by atoms with Crippen molar-refractivity contribution in [3.63, 3.8) is 0 Å². The Bertz CT molecular complexity index is 835. The molecule has 140 valence electrons. The summed E-state index contributed by atoms with van der Waals surface area (Å²) in [6, 6.07) is 10.7. The average molecular weight is 394 g/mol. The molecule has 2 N–H and O–H groups in total. The molecule has 0 fully saturated rings. The van der Waals surface area contributed by atoms with Crippen LogP contribution in [0, 0.1) is 0 Å². The van der Waals surface area contributed by atoms with Gasteiger partial charge in [-0.1, -0.05) is 18.7 Å². The number of hydrogen-bond donors (Lipinski definition) is 2. The minimum absolute atomic E-state index is 0.0321. The molecular weight excluding hydrogens is 370 g/mol. The molecule has 0 saturated carbocycles. The highest BCUT2D eigenvalue weighted by atomic mass is 32.2. The van der Waals surface area contributed by atoms with Crippen LogP contribution >= 0.6 is 11.8 Å². The molecule has 0 aliphatic heterocycles. The van der Waals surface area contributed by atoms with Gasteiger partial charge in [-0.05, 0) is 56.7 Å². The molecule has 1 amide bonds. The molecule has 1 aromatic heterocycles. The van der Waals surface area contributed by atoms with Gasteiger partial charge < -0.3 is 5.32 Å². The number of amides is 1. The maximum Gasteiger partial charge on any atom is 0.253 e. The standard InChI is InChI=1S/C18H23N3O3S2/c1-4-13(3)20-18(22)14-6-11-17(19-12-14)25-16-9-7-15(8-10-16)21-26(23,24)5-2/h6-13,21H,4-5H2,1-3H3,(H,20,22)/t13-/m0/s1. The molecule has 0 radical (unpaired) electrons. The van der Waals surface area contributed by atoms with Crippen LogP contribution < -0.4 is 10.0 Å². The SMILES string of the molecule is CC[C@H](C)NC(=O)c1ccc(Sc2ccc(NS(=O)(=O)CC)cc2)nc1. The van der Waals surface area contributed by atoms with E-state index in [2.05, 4.69) is 15.0 Å². The number of hydrogen-bond acceptors (Lipinski definition) is 5. The van der Waals surface area contributed by atoms with Crippen LogP contribution in [0.2, 0.25) is 0 Å². The first kappa shape index (κ1) is 20.3. The van der Waals surface area contributed by atoms with E-state index in [9.17, 15) is 13.2 Å². The first-order chi connectivity index (χ1) is 12.3. The van der Waals surface area contributed by atoms with Crippen molar-refractivity contribution >= 4 is 33.4 Å². The zero-order valence-electron chi connectivity index (χ0n) is 15.0. The van der Waals surface area contributed by atoms with Gasteiger partial charge in [0.25, 0.3) is 5.91 Å². The van der Waals surface area contributed by atoms with Gasteiger partial charge in [0.1, 0.15) is 5.03 Å². The number of sulfonamides is 1. The van der Waals surface area contributed by atoms with Crippen molar-refractivity contribution in [2.24, 2.45) is 0 Å². The first-order valence-electron chi connectivity index (χ1n) is 8.38. The summed E-state index contributed by atoms with van der Waals surface area (Å²) in [4.78, 5) is 17.3. The van der Waals surface area contributed by atoms with Gasteiger partial charge >= 0.3 is 0 Å². The Hall–Kier alpha value is -2.06. The van der Waals surface area contributed by atoms with Crippen LogP contribution in [0.15, 0.2) is 52.5 Å². The van der Waals surface area contributed by atoms with Gasteiger partial charge in [0.05, 0.1) is 11.3 Å². The van der Waals surface area contributed by atoms with E-state index in [0.717, 1.165) is 16.3 Å². The van der Waals surface area contributed by atoms with E-state index in [1.165, 1.54) is 11.8 Å². The maximum absolute atomic E-state index is 12.0. The number of benzene rings is 1. The zero-order valence-corrected chi connectivity index (χ0v) is 16.7. The summed E-state index contributed by atoms with van der Waals surface area (Å²) in [5.74, 6) is -0.0966. The minimum atomic E-state index is -3.28. The molecule has 0 aliphatic carbocycles. The number of aromatic nitrogens is 1. The molecule has 2 rings (SSSR count). The van der Waals surface area contributed by atoms with Gasteiger partial charge in [0.15, 0.2) is 0 Å². The lowest BCUT2D eigenvalue weighted by Gasteiger charge is -2.11. The van der Waals surface area contributed by atoms with Crippen LogP contribution in [0.25, 0.3) is 0 Å². The molecule has 1 heterocycles. The number of anilines is 1. The molecule has 0 saturated heterocycles. The fourth-order valence-corrected chi connectivity index (χ4v) is 3.34. The Kier molecular flexibility index (Phi) is 7.05. The smallest absolute Gasteiger partial charge is 0.253 e. The van der Waals surface area contributed by atoms with Crippen LogP contribution in [0.5, 0.6) is 0 Å². The zero-order chi connectivity index (χ0) is 19.2. The third kappa shape index (κ3) is 6.03. The molecule has 0 bridgehead atoms. The highest BCUT2D eigenvalue weighted by molar-refractivity contribution is 7.99. The summed E-state index contributed by atoms with van der Waals surface area (Å²) in [6.45, 7) is 5.56. The van der Waals surface area contributed by atoms with Crippen molar-refractivity contribution in [2.45, 2.75) is 43.2 Å². The summed E-state index contributed by atoms with van der Waals surface area (Å²) < 4.78 is 25.6. The fraction of sp³-hybridized carbons (Fsp3) is 0.333. The molecule has 0 unspecified atom stereocenters. The van der Waals surface area contributed by atoms with Crippen molar-refractivity contribution in [3.8, 4) is 0 Å². The summed E-state index contributed by atoms with van der Waals surface area (Å²) in [5.41, 5.74) is 1.06. The van der Waals surface area contributed by atoms with Crippen molar-refractivity contribution in [1.82, 2.24) is 10.3 Å². The predicted octanol–water partition coefficient (Wildman–Crippen LogP) is 3.52. The summed E-state index contributed by atoms with van der Waals surface area (Å²) >= 11 is 1.44. The molecule has 8 heteroatoms. The van der Waals surface area contributed by atoms with E-state index < -0.39 is 10.0 Å². The largest absolute Gasteiger partial charge is 0.350 e. The second-order valence-corrected chi connectivity index (χ2v) is 8.90. The number of rotatable bonds is 8. The third-order valence-electron chi connectivity index (χ3n) is 3.72. The van der Waals surface area contributed by atoms with Gasteiger partial charge in [-0.15, -0.1) is 0 Å². The van der Waals surface area contributed by atoms with Crippen molar-refractivity contribution < 1.29 is 13.2 Å².